The van der Waals surface area contributed by atoms with Crippen LogP contribution in [0.25, 0.3) is 0 Å². The maximum atomic E-state index is 12.2. The van der Waals surface area contributed by atoms with E-state index in [2.05, 4.69) is 25.8 Å². The number of hydrogen-bond donors (Lipinski definition) is 2. The molecular formula is C14H15N5O. The minimum absolute atomic E-state index is 0.218. The molecule has 1 amide bonds. The Morgan fingerprint density at radius 1 is 1.25 bits per heavy atom. The summed E-state index contributed by atoms with van der Waals surface area (Å²) in [6, 6.07) is 5.62. The van der Waals surface area contributed by atoms with Crippen molar-refractivity contribution in [2.24, 2.45) is 0 Å². The monoisotopic (exact) mass is 269 g/mol. The molecule has 6 heteroatoms. The van der Waals surface area contributed by atoms with E-state index in [9.17, 15) is 4.79 Å². The maximum Gasteiger partial charge on any atom is 0.258 e. The minimum atomic E-state index is -0.218. The number of benzene rings is 1. The van der Waals surface area contributed by atoms with Gasteiger partial charge in [-0.1, -0.05) is 0 Å². The number of fused-ring (bicyclic) bond motifs is 1. The van der Waals surface area contributed by atoms with E-state index in [1.54, 1.807) is 6.07 Å². The fraction of sp³-hybridized carbons (Fsp3) is 0.286. The zero-order valence-electron chi connectivity index (χ0n) is 11.4. The molecule has 6 nitrogen and oxygen atoms in total. The number of amides is 1. The Bertz CT molecular complexity index is 683. The molecule has 0 aliphatic carbocycles. The predicted molar refractivity (Wildman–Crippen MR) is 75.9 cm³/mol. The van der Waals surface area contributed by atoms with Crippen molar-refractivity contribution in [1.82, 2.24) is 15.2 Å². The first kappa shape index (κ1) is 12.5. The third-order valence-electron chi connectivity index (χ3n) is 3.39. The summed E-state index contributed by atoms with van der Waals surface area (Å²) in [5.74, 6) is 0.0153. The molecule has 0 radical (unpaired) electrons. The molecule has 2 N–H and O–H groups in total. The van der Waals surface area contributed by atoms with Gasteiger partial charge in [-0.25, -0.2) is 4.98 Å². The molecule has 0 saturated heterocycles. The Labute approximate surface area is 116 Å². The number of aryl methyl sites for hydroxylation is 2. The normalized spacial score (nSPS) is 12.7. The van der Waals surface area contributed by atoms with E-state index in [4.69, 9.17) is 0 Å². The van der Waals surface area contributed by atoms with Crippen molar-refractivity contribution in [3.8, 4) is 0 Å². The first-order valence-corrected chi connectivity index (χ1v) is 6.49. The second-order valence-corrected chi connectivity index (χ2v) is 4.81. The highest BCUT2D eigenvalue weighted by atomic mass is 16.1. The molecular weight excluding hydrogens is 254 g/mol. The molecule has 1 aliphatic rings. The molecule has 102 valence electrons. The lowest BCUT2D eigenvalue weighted by Crippen LogP contribution is -2.15. The topological polar surface area (TPSA) is 79.8 Å². The fourth-order valence-corrected chi connectivity index (χ4v) is 2.13. The van der Waals surface area contributed by atoms with Crippen molar-refractivity contribution in [1.29, 1.82) is 0 Å². The van der Waals surface area contributed by atoms with Crippen molar-refractivity contribution in [3.05, 3.63) is 40.7 Å². The largest absolute Gasteiger partial charge is 0.384 e. The number of anilines is 2. The predicted octanol–water partition coefficient (Wildman–Crippen LogP) is 1.71. The van der Waals surface area contributed by atoms with E-state index in [-0.39, 0.29) is 11.9 Å². The number of aromatic nitrogens is 3. The molecule has 0 saturated carbocycles. The van der Waals surface area contributed by atoms with Crippen LogP contribution in [-0.4, -0.2) is 27.6 Å². The summed E-state index contributed by atoms with van der Waals surface area (Å²) in [5.41, 5.74) is 4.39. The number of carbonyl (C=O) groups is 1. The van der Waals surface area contributed by atoms with E-state index in [1.807, 2.05) is 26.0 Å². The molecule has 0 fully saturated rings. The third-order valence-corrected chi connectivity index (χ3v) is 3.39. The van der Waals surface area contributed by atoms with Crippen LogP contribution in [-0.2, 0) is 6.42 Å². The average Bonchev–Trinajstić information content (AvgIpc) is 2.90. The quantitative estimate of drug-likeness (QED) is 0.867. The highest BCUT2D eigenvalue weighted by Crippen LogP contribution is 2.23. The lowest BCUT2D eigenvalue weighted by molar-refractivity contribution is 0.102. The number of hydrogen-bond acceptors (Lipinski definition) is 5. The van der Waals surface area contributed by atoms with Gasteiger partial charge in [0.15, 0.2) is 0 Å². The van der Waals surface area contributed by atoms with Gasteiger partial charge in [0.25, 0.3) is 5.91 Å². The maximum absolute atomic E-state index is 12.2. The molecule has 0 unspecified atom stereocenters. The highest BCUT2D eigenvalue weighted by molar-refractivity contribution is 6.03. The smallest absolute Gasteiger partial charge is 0.258 e. The number of nitrogens with zero attached hydrogens (tertiary/aromatic N) is 3. The van der Waals surface area contributed by atoms with E-state index in [1.165, 1.54) is 0 Å². The van der Waals surface area contributed by atoms with Crippen LogP contribution >= 0.6 is 0 Å². The van der Waals surface area contributed by atoms with Crippen molar-refractivity contribution < 1.29 is 4.79 Å². The van der Waals surface area contributed by atoms with Crippen LogP contribution in [0.1, 0.15) is 27.3 Å². The van der Waals surface area contributed by atoms with Gasteiger partial charge in [0.05, 0.1) is 11.4 Å². The zero-order valence-corrected chi connectivity index (χ0v) is 11.4. The van der Waals surface area contributed by atoms with Gasteiger partial charge < -0.3 is 5.32 Å². The summed E-state index contributed by atoms with van der Waals surface area (Å²) >= 11 is 0. The number of nitrogens with one attached hydrogen (secondary N) is 2. The first-order chi connectivity index (χ1) is 9.63. The van der Waals surface area contributed by atoms with Gasteiger partial charge in [-0.2, -0.15) is 5.10 Å². The summed E-state index contributed by atoms with van der Waals surface area (Å²) in [5, 5.41) is 13.8. The van der Waals surface area contributed by atoms with Gasteiger partial charge in [0, 0.05) is 17.8 Å². The molecule has 1 aromatic carbocycles. The molecule has 0 spiro atoms. The van der Waals surface area contributed by atoms with Crippen LogP contribution in [0.5, 0.6) is 0 Å². The van der Waals surface area contributed by atoms with Crippen LogP contribution in [0.4, 0.5) is 11.6 Å². The van der Waals surface area contributed by atoms with Gasteiger partial charge >= 0.3 is 0 Å². The molecule has 0 bridgehead atoms. The average molecular weight is 269 g/mol. The van der Waals surface area contributed by atoms with Crippen molar-refractivity contribution >= 4 is 17.5 Å². The Morgan fingerprint density at radius 2 is 2.10 bits per heavy atom. The molecule has 1 aromatic heterocycles. The molecule has 3 rings (SSSR count). The minimum Gasteiger partial charge on any atom is -0.384 e. The van der Waals surface area contributed by atoms with Crippen LogP contribution < -0.4 is 10.6 Å². The SMILES string of the molecule is Cc1nnc(NC(=O)c2ccc3c(c2)CCN3)nc1C. The highest BCUT2D eigenvalue weighted by Gasteiger charge is 2.14. The van der Waals surface area contributed by atoms with Crippen molar-refractivity contribution in [2.45, 2.75) is 20.3 Å². The first-order valence-electron chi connectivity index (χ1n) is 6.49. The van der Waals surface area contributed by atoms with Crippen LogP contribution in [0.2, 0.25) is 0 Å². The van der Waals surface area contributed by atoms with Gasteiger partial charge in [-0.05, 0) is 44.0 Å². The zero-order chi connectivity index (χ0) is 14.1. The van der Waals surface area contributed by atoms with E-state index >= 15 is 0 Å². The van der Waals surface area contributed by atoms with Gasteiger partial charge in [0.1, 0.15) is 0 Å². The summed E-state index contributed by atoms with van der Waals surface area (Å²) in [6.45, 7) is 4.58. The molecule has 2 aromatic rings. The lowest BCUT2D eigenvalue weighted by atomic mass is 10.1. The molecule has 2 heterocycles. The summed E-state index contributed by atoms with van der Waals surface area (Å²) < 4.78 is 0. The standard InChI is InChI=1S/C14H15N5O/c1-8-9(2)18-19-14(16-8)17-13(20)11-3-4-12-10(7-11)5-6-15-12/h3-4,7,15H,5-6H2,1-2H3,(H,16,17,19,20). The molecule has 20 heavy (non-hydrogen) atoms. The van der Waals surface area contributed by atoms with Gasteiger partial charge in [0.2, 0.25) is 5.95 Å². The molecule has 0 atom stereocenters. The Morgan fingerprint density at radius 3 is 2.90 bits per heavy atom. The third kappa shape index (κ3) is 2.32. The van der Waals surface area contributed by atoms with Gasteiger partial charge in [-0.15, -0.1) is 5.10 Å². The number of rotatable bonds is 2. The Kier molecular flexibility index (Phi) is 3.06. The van der Waals surface area contributed by atoms with E-state index < -0.39 is 0 Å². The molecule has 1 aliphatic heterocycles. The second-order valence-electron chi connectivity index (χ2n) is 4.81. The Balaban J connectivity index is 1.80. The summed E-state index contributed by atoms with van der Waals surface area (Å²) in [7, 11) is 0. The van der Waals surface area contributed by atoms with Crippen molar-refractivity contribution in [2.75, 3.05) is 17.2 Å². The van der Waals surface area contributed by atoms with Crippen LogP contribution in [0.15, 0.2) is 18.2 Å². The van der Waals surface area contributed by atoms with Crippen LogP contribution in [0.3, 0.4) is 0 Å². The lowest BCUT2D eigenvalue weighted by Gasteiger charge is -2.06. The van der Waals surface area contributed by atoms with Gasteiger partial charge in [-0.3, -0.25) is 10.1 Å². The fourth-order valence-electron chi connectivity index (χ4n) is 2.13. The summed E-state index contributed by atoms with van der Waals surface area (Å²) in [6.07, 6.45) is 0.943. The Hall–Kier alpha value is -2.50. The van der Waals surface area contributed by atoms with E-state index in [0.29, 0.717) is 5.56 Å². The second kappa shape index (κ2) is 4.88. The summed E-state index contributed by atoms with van der Waals surface area (Å²) in [4.78, 5) is 16.4. The van der Waals surface area contributed by atoms with Crippen molar-refractivity contribution in [3.63, 3.8) is 0 Å². The van der Waals surface area contributed by atoms with Crippen LogP contribution in [0, 0.1) is 13.8 Å². The van der Waals surface area contributed by atoms with E-state index in [0.717, 1.165) is 35.6 Å². The number of carbonyl (C=O) groups excluding carboxylic acids is 1.